The minimum atomic E-state index is -0.0223. The number of piperazine rings is 1. The Labute approximate surface area is 137 Å². The molecule has 24 heavy (non-hydrogen) atoms. The van der Waals surface area contributed by atoms with Gasteiger partial charge in [0.25, 0.3) is 5.91 Å². The van der Waals surface area contributed by atoms with Crippen molar-refractivity contribution in [3.05, 3.63) is 30.4 Å². The van der Waals surface area contributed by atoms with Crippen LogP contribution >= 0.6 is 0 Å². The summed E-state index contributed by atoms with van der Waals surface area (Å²) in [6, 6.07) is 1.68. The van der Waals surface area contributed by atoms with Crippen molar-refractivity contribution in [3.8, 4) is 0 Å². The third-order valence-corrected chi connectivity index (χ3v) is 4.23. The number of fused-ring (bicyclic) bond motifs is 1. The van der Waals surface area contributed by atoms with Gasteiger partial charge in [0.2, 0.25) is 5.95 Å². The number of hydrogen-bond donors (Lipinski definition) is 1. The van der Waals surface area contributed by atoms with Gasteiger partial charge in [-0.25, -0.2) is 0 Å². The number of amides is 1. The normalized spacial score (nSPS) is 15.2. The first kappa shape index (κ1) is 14.5. The molecule has 2 N–H and O–H groups in total. The number of anilines is 2. The van der Waals surface area contributed by atoms with E-state index in [0.717, 1.165) is 5.39 Å². The molecular formula is C15H17N7O2. The third kappa shape index (κ3) is 2.34. The summed E-state index contributed by atoms with van der Waals surface area (Å²) in [7, 11) is 1.82. The number of nitrogen functional groups attached to an aromatic ring is 1. The number of furan rings is 1. The van der Waals surface area contributed by atoms with Crippen molar-refractivity contribution in [1.29, 1.82) is 0 Å². The fourth-order valence-electron chi connectivity index (χ4n) is 2.85. The molecular weight excluding hydrogens is 310 g/mol. The van der Waals surface area contributed by atoms with Gasteiger partial charge in [-0.2, -0.15) is 15.1 Å². The maximum absolute atomic E-state index is 12.3. The average Bonchev–Trinajstić information content (AvgIpc) is 3.25. The number of nitrogens with zero attached hydrogens (tertiary/aromatic N) is 6. The Hall–Kier alpha value is -3.10. The SMILES string of the molecule is Cn1ncc2c(N)nc(N3CCN(C(=O)c4ccoc4)CC3)nc21. The molecule has 1 amide bonds. The highest BCUT2D eigenvalue weighted by molar-refractivity contribution is 5.94. The zero-order valence-electron chi connectivity index (χ0n) is 13.2. The van der Waals surface area contributed by atoms with Gasteiger partial charge in [-0.15, -0.1) is 0 Å². The molecule has 1 aliphatic heterocycles. The van der Waals surface area contributed by atoms with E-state index in [-0.39, 0.29) is 5.91 Å². The summed E-state index contributed by atoms with van der Waals surface area (Å²) in [6.07, 6.45) is 4.63. The molecule has 9 nitrogen and oxygen atoms in total. The van der Waals surface area contributed by atoms with Crippen LogP contribution in [0.5, 0.6) is 0 Å². The molecule has 0 aromatic carbocycles. The van der Waals surface area contributed by atoms with Gasteiger partial charge in [0, 0.05) is 33.2 Å². The molecule has 3 aromatic rings. The van der Waals surface area contributed by atoms with Crippen LogP contribution in [-0.4, -0.2) is 56.7 Å². The summed E-state index contributed by atoms with van der Waals surface area (Å²) in [5.41, 5.74) is 7.28. The fraction of sp³-hybridized carbons (Fsp3) is 0.333. The van der Waals surface area contributed by atoms with Gasteiger partial charge in [-0.3, -0.25) is 9.48 Å². The summed E-state index contributed by atoms with van der Waals surface area (Å²) in [6.45, 7) is 2.48. The van der Waals surface area contributed by atoms with Crippen LogP contribution < -0.4 is 10.6 Å². The lowest BCUT2D eigenvalue weighted by Gasteiger charge is -2.34. The highest BCUT2D eigenvalue weighted by Crippen LogP contribution is 2.21. The largest absolute Gasteiger partial charge is 0.472 e. The van der Waals surface area contributed by atoms with Crippen LogP contribution in [0.4, 0.5) is 11.8 Å². The molecule has 124 valence electrons. The van der Waals surface area contributed by atoms with Crippen LogP contribution in [0.15, 0.2) is 29.2 Å². The minimum absolute atomic E-state index is 0.0223. The van der Waals surface area contributed by atoms with E-state index < -0.39 is 0 Å². The molecule has 4 heterocycles. The number of hydrogen-bond acceptors (Lipinski definition) is 7. The van der Waals surface area contributed by atoms with E-state index in [2.05, 4.69) is 15.1 Å². The second-order valence-electron chi connectivity index (χ2n) is 5.71. The number of rotatable bonds is 2. The van der Waals surface area contributed by atoms with Crippen LogP contribution in [0.2, 0.25) is 0 Å². The second kappa shape index (κ2) is 5.52. The molecule has 0 atom stereocenters. The number of carbonyl (C=O) groups excluding carboxylic acids is 1. The van der Waals surface area contributed by atoms with E-state index in [4.69, 9.17) is 10.2 Å². The molecule has 0 saturated carbocycles. The molecule has 3 aromatic heterocycles. The molecule has 0 radical (unpaired) electrons. The first-order valence-electron chi connectivity index (χ1n) is 7.65. The molecule has 1 aliphatic rings. The van der Waals surface area contributed by atoms with E-state index in [9.17, 15) is 4.79 Å². The summed E-state index contributed by atoms with van der Waals surface area (Å²) in [5.74, 6) is 0.963. The van der Waals surface area contributed by atoms with Crippen molar-refractivity contribution in [2.24, 2.45) is 7.05 Å². The van der Waals surface area contributed by atoms with Gasteiger partial charge in [0.05, 0.1) is 23.4 Å². The number of nitrogens with two attached hydrogens (primary N) is 1. The monoisotopic (exact) mass is 327 g/mol. The van der Waals surface area contributed by atoms with Gasteiger partial charge in [-0.05, 0) is 6.07 Å². The quantitative estimate of drug-likeness (QED) is 0.730. The molecule has 0 aliphatic carbocycles. The second-order valence-corrected chi connectivity index (χ2v) is 5.71. The molecule has 0 spiro atoms. The first-order chi connectivity index (χ1) is 11.6. The van der Waals surface area contributed by atoms with Crippen molar-refractivity contribution in [3.63, 3.8) is 0 Å². The number of aryl methyl sites for hydroxylation is 1. The third-order valence-electron chi connectivity index (χ3n) is 4.23. The van der Waals surface area contributed by atoms with E-state index in [1.165, 1.54) is 12.5 Å². The van der Waals surface area contributed by atoms with Crippen molar-refractivity contribution in [2.45, 2.75) is 0 Å². The Morgan fingerprint density at radius 1 is 1.25 bits per heavy atom. The fourth-order valence-corrected chi connectivity index (χ4v) is 2.85. The summed E-state index contributed by atoms with van der Waals surface area (Å²) < 4.78 is 6.65. The van der Waals surface area contributed by atoms with Gasteiger partial charge < -0.3 is 20.0 Å². The van der Waals surface area contributed by atoms with Crippen molar-refractivity contribution >= 4 is 28.7 Å². The smallest absolute Gasteiger partial charge is 0.257 e. The van der Waals surface area contributed by atoms with Crippen LogP contribution in [0.25, 0.3) is 11.0 Å². The molecule has 1 fully saturated rings. The zero-order chi connectivity index (χ0) is 16.7. The van der Waals surface area contributed by atoms with Crippen molar-refractivity contribution < 1.29 is 9.21 Å². The zero-order valence-corrected chi connectivity index (χ0v) is 13.2. The predicted molar refractivity (Wildman–Crippen MR) is 87.5 cm³/mol. The molecule has 4 rings (SSSR count). The van der Waals surface area contributed by atoms with Crippen molar-refractivity contribution in [2.75, 3.05) is 36.8 Å². The standard InChI is InChI=1S/C15H17N7O2/c1-20-13-11(8-17-20)12(16)18-15(19-13)22-5-3-21(4-6-22)14(23)10-2-7-24-9-10/h2,7-9H,3-6H2,1H3,(H2,16,18,19). The summed E-state index contributed by atoms with van der Waals surface area (Å²) in [4.78, 5) is 25.1. The lowest BCUT2D eigenvalue weighted by atomic mass is 10.2. The van der Waals surface area contributed by atoms with E-state index >= 15 is 0 Å². The average molecular weight is 327 g/mol. The highest BCUT2D eigenvalue weighted by atomic mass is 16.3. The lowest BCUT2D eigenvalue weighted by Crippen LogP contribution is -2.49. The topological polar surface area (TPSA) is 106 Å². The Morgan fingerprint density at radius 3 is 2.75 bits per heavy atom. The van der Waals surface area contributed by atoms with Gasteiger partial charge in [0.1, 0.15) is 12.1 Å². The van der Waals surface area contributed by atoms with E-state index in [1.807, 2.05) is 11.9 Å². The molecule has 0 bridgehead atoms. The van der Waals surface area contributed by atoms with Gasteiger partial charge in [0.15, 0.2) is 5.65 Å². The van der Waals surface area contributed by atoms with Gasteiger partial charge >= 0.3 is 0 Å². The van der Waals surface area contributed by atoms with E-state index in [0.29, 0.717) is 49.2 Å². The maximum atomic E-state index is 12.3. The number of aromatic nitrogens is 4. The van der Waals surface area contributed by atoms with Crippen molar-refractivity contribution in [1.82, 2.24) is 24.6 Å². The highest BCUT2D eigenvalue weighted by Gasteiger charge is 2.24. The van der Waals surface area contributed by atoms with Crippen LogP contribution in [-0.2, 0) is 7.05 Å². The maximum Gasteiger partial charge on any atom is 0.257 e. The molecule has 0 unspecified atom stereocenters. The van der Waals surface area contributed by atoms with E-state index in [1.54, 1.807) is 21.8 Å². The summed E-state index contributed by atoms with van der Waals surface area (Å²) >= 11 is 0. The van der Waals surface area contributed by atoms with Crippen LogP contribution in [0, 0.1) is 0 Å². The van der Waals surface area contributed by atoms with Crippen LogP contribution in [0.3, 0.4) is 0 Å². The lowest BCUT2D eigenvalue weighted by molar-refractivity contribution is 0.0745. The Bertz CT molecular complexity index is 879. The summed E-state index contributed by atoms with van der Waals surface area (Å²) in [5, 5.41) is 4.91. The Morgan fingerprint density at radius 2 is 2.04 bits per heavy atom. The van der Waals surface area contributed by atoms with Gasteiger partial charge in [-0.1, -0.05) is 0 Å². The minimum Gasteiger partial charge on any atom is -0.472 e. The van der Waals surface area contributed by atoms with Crippen LogP contribution in [0.1, 0.15) is 10.4 Å². The first-order valence-corrected chi connectivity index (χ1v) is 7.65. The molecule has 9 heteroatoms. The molecule has 1 saturated heterocycles. The predicted octanol–water partition coefficient (Wildman–Crippen LogP) is 0.501. The Balaban J connectivity index is 1.52. The number of carbonyl (C=O) groups is 1. The Kier molecular flexibility index (Phi) is 3.33.